The van der Waals surface area contributed by atoms with E-state index in [-0.39, 0.29) is 5.82 Å². The van der Waals surface area contributed by atoms with Gasteiger partial charge in [0.05, 0.1) is 5.69 Å². The van der Waals surface area contributed by atoms with Crippen molar-refractivity contribution in [2.24, 2.45) is 0 Å². The molecule has 0 atom stereocenters. The summed E-state index contributed by atoms with van der Waals surface area (Å²) in [6.45, 7) is 2.76. The average molecular weight is 240 g/mol. The normalized spacial score (nSPS) is 10.4. The predicted molar refractivity (Wildman–Crippen MR) is 62.6 cm³/mol. The van der Waals surface area contributed by atoms with Gasteiger partial charge in [-0.1, -0.05) is 11.6 Å². The van der Waals surface area contributed by atoms with Crippen molar-refractivity contribution in [3.05, 3.63) is 41.4 Å². The summed E-state index contributed by atoms with van der Waals surface area (Å²) in [5.41, 5.74) is 0.327. The Labute approximate surface area is 97.9 Å². The second-order valence-electron chi connectivity index (χ2n) is 3.29. The summed E-state index contributed by atoms with van der Waals surface area (Å²) in [5.74, 6) is 0.249. The Balaban J connectivity index is 2.30. The van der Waals surface area contributed by atoms with E-state index in [1.807, 2.05) is 17.7 Å². The maximum Gasteiger partial charge on any atom is 0.207 e. The molecule has 0 spiro atoms. The lowest BCUT2D eigenvalue weighted by Gasteiger charge is -2.08. The van der Waals surface area contributed by atoms with Gasteiger partial charge >= 0.3 is 0 Å². The molecule has 0 bridgehead atoms. The molecular formula is C11H11ClFN3. The number of aromatic nitrogens is 2. The zero-order valence-corrected chi connectivity index (χ0v) is 9.50. The van der Waals surface area contributed by atoms with Crippen LogP contribution in [0.5, 0.6) is 0 Å². The van der Waals surface area contributed by atoms with E-state index in [9.17, 15) is 4.39 Å². The van der Waals surface area contributed by atoms with E-state index < -0.39 is 0 Å². The number of hydrogen-bond donors (Lipinski definition) is 1. The molecule has 0 aliphatic heterocycles. The lowest BCUT2D eigenvalue weighted by molar-refractivity contribution is 0.631. The molecule has 0 amide bonds. The molecule has 0 saturated carbocycles. The van der Waals surface area contributed by atoms with Gasteiger partial charge < -0.3 is 9.88 Å². The van der Waals surface area contributed by atoms with Crippen molar-refractivity contribution in [3.8, 4) is 0 Å². The zero-order chi connectivity index (χ0) is 11.5. The molecule has 2 rings (SSSR count). The fraction of sp³-hybridized carbons (Fsp3) is 0.182. The molecular weight excluding hydrogens is 229 g/mol. The molecule has 1 heterocycles. The van der Waals surface area contributed by atoms with Crippen LogP contribution in [0.1, 0.15) is 6.92 Å². The highest BCUT2D eigenvalue weighted by atomic mass is 35.5. The number of anilines is 2. The van der Waals surface area contributed by atoms with Crippen LogP contribution in [-0.2, 0) is 6.54 Å². The molecule has 16 heavy (non-hydrogen) atoms. The minimum absolute atomic E-state index is 0.327. The summed E-state index contributed by atoms with van der Waals surface area (Å²) in [5, 5.41) is 3.39. The van der Waals surface area contributed by atoms with E-state index in [0.717, 1.165) is 6.54 Å². The van der Waals surface area contributed by atoms with Crippen LogP contribution in [0.15, 0.2) is 30.6 Å². The second-order valence-corrected chi connectivity index (χ2v) is 3.72. The topological polar surface area (TPSA) is 29.9 Å². The van der Waals surface area contributed by atoms with Crippen molar-refractivity contribution < 1.29 is 4.39 Å². The first-order chi connectivity index (χ1) is 7.70. The molecule has 0 unspecified atom stereocenters. The number of halogens is 2. The van der Waals surface area contributed by atoms with E-state index in [1.54, 1.807) is 6.20 Å². The number of hydrogen-bond acceptors (Lipinski definition) is 2. The van der Waals surface area contributed by atoms with Gasteiger partial charge in [-0.25, -0.2) is 9.37 Å². The number of aryl methyl sites for hydroxylation is 1. The smallest absolute Gasteiger partial charge is 0.207 e. The highest BCUT2D eigenvalue weighted by Gasteiger charge is 2.06. The fourth-order valence-corrected chi connectivity index (χ4v) is 1.57. The average Bonchev–Trinajstić information content (AvgIpc) is 2.71. The third kappa shape index (κ3) is 2.17. The Morgan fingerprint density at radius 3 is 3.06 bits per heavy atom. The number of nitrogens with zero attached hydrogens (tertiary/aromatic N) is 2. The molecule has 0 aliphatic rings. The molecule has 2 aromatic rings. The maximum absolute atomic E-state index is 13.4. The fourth-order valence-electron chi connectivity index (χ4n) is 1.40. The first-order valence-electron chi connectivity index (χ1n) is 4.94. The van der Waals surface area contributed by atoms with Crippen LogP contribution in [0.2, 0.25) is 5.02 Å². The number of imidazole rings is 1. The van der Waals surface area contributed by atoms with Gasteiger partial charge in [0.2, 0.25) is 5.95 Å². The second kappa shape index (κ2) is 4.53. The molecule has 5 heteroatoms. The zero-order valence-electron chi connectivity index (χ0n) is 8.74. The van der Waals surface area contributed by atoms with Gasteiger partial charge in [0.25, 0.3) is 0 Å². The van der Waals surface area contributed by atoms with Crippen LogP contribution in [-0.4, -0.2) is 9.55 Å². The molecule has 0 radical (unpaired) electrons. The lowest BCUT2D eigenvalue weighted by atomic mass is 10.3. The summed E-state index contributed by atoms with van der Waals surface area (Å²) in [7, 11) is 0. The minimum atomic E-state index is -0.352. The Morgan fingerprint density at radius 1 is 1.50 bits per heavy atom. The van der Waals surface area contributed by atoms with Gasteiger partial charge in [-0.05, 0) is 25.1 Å². The van der Waals surface area contributed by atoms with Crippen molar-refractivity contribution in [1.82, 2.24) is 9.55 Å². The first kappa shape index (κ1) is 11.0. The van der Waals surface area contributed by atoms with E-state index in [0.29, 0.717) is 16.7 Å². The van der Waals surface area contributed by atoms with Crippen LogP contribution in [0.4, 0.5) is 16.0 Å². The van der Waals surface area contributed by atoms with Crippen molar-refractivity contribution in [3.63, 3.8) is 0 Å². The predicted octanol–water partition coefficient (Wildman–Crippen LogP) is 3.44. The maximum atomic E-state index is 13.4. The van der Waals surface area contributed by atoms with Gasteiger partial charge in [0, 0.05) is 24.0 Å². The summed E-state index contributed by atoms with van der Waals surface area (Å²) in [4.78, 5) is 4.10. The van der Waals surface area contributed by atoms with Crippen LogP contribution >= 0.6 is 11.6 Å². The van der Waals surface area contributed by atoms with Gasteiger partial charge in [-0.3, -0.25) is 0 Å². The SMILES string of the molecule is CCn1ccnc1Nc1cc(Cl)ccc1F. The monoisotopic (exact) mass is 239 g/mol. The quantitative estimate of drug-likeness (QED) is 0.889. The van der Waals surface area contributed by atoms with Crippen LogP contribution < -0.4 is 5.32 Å². The number of rotatable bonds is 3. The van der Waals surface area contributed by atoms with Crippen molar-refractivity contribution in [2.75, 3.05) is 5.32 Å². The summed E-state index contributed by atoms with van der Waals surface area (Å²) in [6, 6.07) is 4.36. The summed E-state index contributed by atoms with van der Waals surface area (Å²) < 4.78 is 15.3. The standard InChI is InChI=1S/C11H11ClFN3/c1-2-16-6-5-14-11(16)15-10-7-8(12)3-4-9(10)13/h3-7H,2H2,1H3,(H,14,15). The van der Waals surface area contributed by atoms with Crippen molar-refractivity contribution in [2.45, 2.75) is 13.5 Å². The molecule has 0 aliphatic carbocycles. The van der Waals surface area contributed by atoms with E-state index in [1.165, 1.54) is 18.2 Å². The Morgan fingerprint density at radius 2 is 2.31 bits per heavy atom. The van der Waals surface area contributed by atoms with Crippen molar-refractivity contribution in [1.29, 1.82) is 0 Å². The molecule has 84 valence electrons. The van der Waals surface area contributed by atoms with E-state index in [2.05, 4.69) is 10.3 Å². The molecule has 1 N–H and O–H groups in total. The Bertz CT molecular complexity index is 496. The number of benzene rings is 1. The lowest BCUT2D eigenvalue weighted by Crippen LogP contribution is -2.02. The van der Waals surface area contributed by atoms with Crippen LogP contribution in [0, 0.1) is 5.82 Å². The Kier molecular flexibility index (Phi) is 3.10. The molecule has 0 fully saturated rings. The highest BCUT2D eigenvalue weighted by Crippen LogP contribution is 2.22. The largest absolute Gasteiger partial charge is 0.323 e. The molecule has 3 nitrogen and oxygen atoms in total. The van der Waals surface area contributed by atoms with Crippen molar-refractivity contribution >= 4 is 23.2 Å². The first-order valence-corrected chi connectivity index (χ1v) is 5.31. The Hall–Kier alpha value is -1.55. The van der Waals surface area contributed by atoms with Gasteiger partial charge in [-0.2, -0.15) is 0 Å². The van der Waals surface area contributed by atoms with E-state index in [4.69, 9.17) is 11.6 Å². The molecule has 1 aromatic heterocycles. The summed E-state index contributed by atoms with van der Waals surface area (Å²) in [6.07, 6.45) is 3.49. The van der Waals surface area contributed by atoms with Gasteiger partial charge in [0.15, 0.2) is 0 Å². The molecule has 0 saturated heterocycles. The van der Waals surface area contributed by atoms with Crippen LogP contribution in [0.25, 0.3) is 0 Å². The summed E-state index contributed by atoms with van der Waals surface area (Å²) >= 11 is 5.80. The van der Waals surface area contributed by atoms with E-state index >= 15 is 0 Å². The van der Waals surface area contributed by atoms with Gasteiger partial charge in [0.1, 0.15) is 5.82 Å². The van der Waals surface area contributed by atoms with Crippen LogP contribution in [0.3, 0.4) is 0 Å². The number of nitrogens with one attached hydrogen (secondary N) is 1. The highest BCUT2D eigenvalue weighted by molar-refractivity contribution is 6.30. The third-order valence-corrected chi connectivity index (χ3v) is 2.47. The molecule has 1 aromatic carbocycles. The van der Waals surface area contributed by atoms with Gasteiger partial charge in [-0.15, -0.1) is 0 Å². The third-order valence-electron chi connectivity index (χ3n) is 2.23. The minimum Gasteiger partial charge on any atom is -0.323 e.